The van der Waals surface area contributed by atoms with Crippen LogP contribution in [0.5, 0.6) is 5.75 Å². The Bertz CT molecular complexity index is 2290. The number of fused-ring (bicyclic) bond motifs is 6. The largest absolute Gasteiger partial charge is 0.508 e. The monoisotopic (exact) mass is 614 g/mol. The molecule has 4 heterocycles. The van der Waals surface area contributed by atoms with Gasteiger partial charge in [-0.1, -0.05) is 89.3 Å². The Balaban J connectivity index is 0.932. The van der Waals surface area contributed by atoms with Crippen molar-refractivity contribution in [3.63, 3.8) is 0 Å². The Hall–Kier alpha value is -6.22. The number of hydrogen-bond donors (Lipinski definition) is 1. The van der Waals surface area contributed by atoms with Crippen molar-refractivity contribution in [3.05, 3.63) is 150 Å². The Labute approximate surface area is 269 Å². The maximum atomic E-state index is 10.6. The average Bonchev–Trinajstić information content (AvgIpc) is 3.87. The number of aromatic nitrogens is 8. The molecule has 0 saturated carbocycles. The van der Waals surface area contributed by atoms with E-state index in [1.54, 1.807) is 12.1 Å². The minimum Gasteiger partial charge on any atom is -0.508 e. The van der Waals surface area contributed by atoms with E-state index in [2.05, 4.69) is 133 Å². The summed E-state index contributed by atoms with van der Waals surface area (Å²) >= 11 is 0. The van der Waals surface area contributed by atoms with E-state index in [0.717, 1.165) is 22.5 Å². The van der Waals surface area contributed by atoms with Crippen molar-refractivity contribution >= 4 is 43.6 Å². The van der Waals surface area contributed by atoms with E-state index < -0.39 is 0 Å². The molecule has 0 bridgehead atoms. The molecule has 0 radical (unpaired) electrons. The van der Waals surface area contributed by atoms with Crippen LogP contribution in [0.15, 0.2) is 128 Å². The van der Waals surface area contributed by atoms with Gasteiger partial charge in [0.15, 0.2) is 0 Å². The van der Waals surface area contributed by atoms with Crippen molar-refractivity contribution < 1.29 is 5.11 Å². The topological polar surface area (TPSA) is 91.5 Å². The summed E-state index contributed by atoms with van der Waals surface area (Å²) in [5.41, 5.74) is 8.29. The van der Waals surface area contributed by atoms with E-state index in [-0.39, 0.29) is 5.75 Å². The molecule has 47 heavy (non-hydrogen) atoms. The molecule has 0 atom stereocenters. The van der Waals surface area contributed by atoms with Crippen molar-refractivity contribution in [3.8, 4) is 5.75 Å². The minimum atomic E-state index is 0.203. The van der Waals surface area contributed by atoms with Gasteiger partial charge in [0.1, 0.15) is 17.1 Å². The third-order valence-corrected chi connectivity index (χ3v) is 8.90. The zero-order valence-electron chi connectivity index (χ0n) is 25.5. The lowest BCUT2D eigenvalue weighted by Gasteiger charge is -2.07. The summed E-state index contributed by atoms with van der Waals surface area (Å²) in [6, 6.07) is 39.4. The minimum absolute atomic E-state index is 0.203. The van der Waals surface area contributed by atoms with E-state index in [9.17, 15) is 5.11 Å². The van der Waals surface area contributed by atoms with E-state index in [1.807, 2.05) is 21.8 Å². The molecule has 9 aromatic rings. The van der Waals surface area contributed by atoms with Crippen molar-refractivity contribution in [2.24, 2.45) is 0 Å². The lowest BCUT2D eigenvalue weighted by molar-refractivity contribution is 0.472. The highest BCUT2D eigenvalue weighted by molar-refractivity contribution is 6.08. The molecule has 1 N–H and O–H groups in total. The van der Waals surface area contributed by atoms with Crippen LogP contribution in [0.25, 0.3) is 43.6 Å². The maximum absolute atomic E-state index is 10.6. The van der Waals surface area contributed by atoms with E-state index in [0.29, 0.717) is 26.2 Å². The Morgan fingerprint density at radius 1 is 0.447 bits per heavy atom. The number of rotatable bonds is 8. The van der Waals surface area contributed by atoms with E-state index >= 15 is 0 Å². The Morgan fingerprint density at radius 3 is 1.19 bits per heavy atom. The molecule has 0 aliphatic rings. The number of benzene rings is 5. The fraction of sp³-hybridized carbons (Fsp3) is 0.105. The summed E-state index contributed by atoms with van der Waals surface area (Å²) in [4.78, 5) is 0. The average molecular weight is 615 g/mol. The first-order valence-corrected chi connectivity index (χ1v) is 15.7. The molecule has 0 amide bonds. The third kappa shape index (κ3) is 4.89. The molecule has 0 fully saturated rings. The van der Waals surface area contributed by atoms with Crippen LogP contribution in [0.1, 0.15) is 22.5 Å². The van der Waals surface area contributed by atoms with Gasteiger partial charge >= 0.3 is 0 Å². The van der Waals surface area contributed by atoms with Crippen molar-refractivity contribution in [1.29, 1.82) is 0 Å². The smallest absolute Gasteiger partial charge is 0.116 e. The van der Waals surface area contributed by atoms with Gasteiger partial charge in [-0.15, -0.1) is 10.2 Å². The number of phenolic OH excluding ortho intramolecular Hbond substituents is 1. The van der Waals surface area contributed by atoms with Crippen LogP contribution in [0.3, 0.4) is 0 Å². The summed E-state index contributed by atoms with van der Waals surface area (Å²) in [7, 11) is 0. The number of phenols is 1. The first-order chi connectivity index (χ1) is 23.2. The SMILES string of the molecule is Oc1cc(Cn2cc(Cn3c4ccccc4c4ccccc43)nn2)cc(Cn2cc(Cn3c4ccccc4c4ccccc43)nn2)c1. The van der Waals surface area contributed by atoms with Gasteiger partial charge in [-0.2, -0.15) is 0 Å². The third-order valence-electron chi connectivity index (χ3n) is 8.90. The molecular formula is C38H30N8O. The molecule has 9 rings (SSSR count). The Morgan fingerprint density at radius 2 is 0.809 bits per heavy atom. The molecule has 0 aliphatic heterocycles. The quantitative estimate of drug-likeness (QED) is 0.199. The summed E-state index contributed by atoms with van der Waals surface area (Å²) < 4.78 is 8.22. The highest BCUT2D eigenvalue weighted by atomic mass is 16.3. The molecule has 9 heteroatoms. The van der Waals surface area contributed by atoms with Gasteiger partial charge in [0.2, 0.25) is 0 Å². The summed E-state index contributed by atoms with van der Waals surface area (Å²) in [6.45, 7) is 2.20. The molecule has 0 aliphatic carbocycles. The van der Waals surface area contributed by atoms with Gasteiger partial charge < -0.3 is 14.2 Å². The number of hydrogen-bond acceptors (Lipinski definition) is 5. The van der Waals surface area contributed by atoms with Gasteiger partial charge in [0.05, 0.1) is 38.6 Å². The van der Waals surface area contributed by atoms with Gasteiger partial charge in [-0.3, -0.25) is 0 Å². The second kappa shape index (κ2) is 11.0. The maximum Gasteiger partial charge on any atom is 0.116 e. The fourth-order valence-electron chi connectivity index (χ4n) is 6.95. The van der Waals surface area contributed by atoms with Crippen LogP contribution >= 0.6 is 0 Å². The molecule has 0 spiro atoms. The lowest BCUT2D eigenvalue weighted by atomic mass is 10.1. The van der Waals surface area contributed by atoms with Crippen LogP contribution in [0.4, 0.5) is 0 Å². The number of aromatic hydroxyl groups is 1. The Kier molecular flexibility index (Phi) is 6.34. The van der Waals surface area contributed by atoms with Crippen LogP contribution in [-0.2, 0) is 26.2 Å². The molecule has 0 saturated heterocycles. The molecule has 4 aromatic heterocycles. The number of nitrogens with zero attached hydrogens (tertiary/aromatic N) is 8. The predicted molar refractivity (Wildman–Crippen MR) is 183 cm³/mol. The highest BCUT2D eigenvalue weighted by Crippen LogP contribution is 2.30. The molecular weight excluding hydrogens is 584 g/mol. The standard InChI is InChI=1S/C38H30N8O/c47-30-18-26(20-43-22-28(39-41-43)24-45-35-13-5-1-9-31(35)32-10-2-6-14-36(32)45)17-27(19-30)21-44-23-29(40-42-44)25-46-37-15-7-3-11-33(37)34-12-4-8-16-38(34)46/h1-19,22-23,47H,20-21,24-25H2. The number of para-hydroxylation sites is 4. The predicted octanol–water partition coefficient (Wildman–Crippen LogP) is 6.98. The van der Waals surface area contributed by atoms with E-state index in [4.69, 9.17) is 0 Å². The lowest BCUT2D eigenvalue weighted by Crippen LogP contribution is -2.04. The van der Waals surface area contributed by atoms with Crippen molar-refractivity contribution in [2.45, 2.75) is 26.2 Å². The summed E-state index contributed by atoms with van der Waals surface area (Å²) in [5, 5.41) is 33.3. The van der Waals surface area contributed by atoms with Crippen LogP contribution in [-0.4, -0.2) is 44.2 Å². The van der Waals surface area contributed by atoms with Gasteiger partial charge in [-0.05, 0) is 47.5 Å². The summed E-state index contributed by atoms with van der Waals surface area (Å²) in [5.74, 6) is 0.203. The molecule has 0 unspecified atom stereocenters. The van der Waals surface area contributed by atoms with Gasteiger partial charge in [0.25, 0.3) is 0 Å². The molecule has 5 aromatic carbocycles. The first kappa shape index (κ1) is 27.1. The second-order valence-electron chi connectivity index (χ2n) is 12.1. The van der Waals surface area contributed by atoms with Crippen LogP contribution in [0.2, 0.25) is 0 Å². The zero-order valence-corrected chi connectivity index (χ0v) is 25.5. The summed E-state index contributed by atoms with van der Waals surface area (Å²) in [6.07, 6.45) is 3.96. The zero-order chi connectivity index (χ0) is 31.3. The second-order valence-corrected chi connectivity index (χ2v) is 12.1. The van der Waals surface area contributed by atoms with Crippen molar-refractivity contribution in [2.75, 3.05) is 0 Å². The highest BCUT2D eigenvalue weighted by Gasteiger charge is 2.14. The normalized spacial score (nSPS) is 11.8. The van der Waals surface area contributed by atoms with Crippen LogP contribution < -0.4 is 0 Å². The molecule has 9 nitrogen and oxygen atoms in total. The first-order valence-electron chi connectivity index (χ1n) is 15.7. The van der Waals surface area contributed by atoms with Gasteiger partial charge in [0, 0.05) is 43.6 Å². The van der Waals surface area contributed by atoms with E-state index in [1.165, 1.54) is 43.6 Å². The molecule has 228 valence electrons. The van der Waals surface area contributed by atoms with Crippen LogP contribution in [0, 0.1) is 0 Å². The van der Waals surface area contributed by atoms with Gasteiger partial charge in [-0.25, -0.2) is 9.36 Å². The fourth-order valence-corrected chi connectivity index (χ4v) is 6.95. The van der Waals surface area contributed by atoms with Crippen molar-refractivity contribution in [1.82, 2.24) is 39.1 Å².